The van der Waals surface area contributed by atoms with Gasteiger partial charge in [0.15, 0.2) is 16.7 Å². The molecule has 0 radical (unpaired) electrons. The molecule has 22 heavy (non-hydrogen) atoms. The van der Waals surface area contributed by atoms with Crippen LogP contribution in [-0.2, 0) is 10.0 Å². The number of nitrogens with one attached hydrogen (secondary N) is 1. The molecule has 8 nitrogen and oxygen atoms in total. The molecule has 0 bridgehead atoms. The quantitative estimate of drug-likeness (QED) is 0.823. The minimum Gasteiger partial charge on any atom is -0.438 e. The first-order valence-electron chi connectivity index (χ1n) is 6.02. The fraction of sp³-hybridized carbons (Fsp3) is 0.250. The van der Waals surface area contributed by atoms with Gasteiger partial charge >= 0.3 is 0 Å². The molecule has 2 rings (SSSR count). The van der Waals surface area contributed by atoms with Crippen molar-refractivity contribution in [1.29, 1.82) is 0 Å². The number of hydrogen-bond donors (Lipinski definition) is 1. The molecule has 118 valence electrons. The highest BCUT2D eigenvalue weighted by Crippen LogP contribution is 2.20. The van der Waals surface area contributed by atoms with E-state index < -0.39 is 15.9 Å². The van der Waals surface area contributed by atoms with Crippen molar-refractivity contribution in [2.45, 2.75) is 12.0 Å². The van der Waals surface area contributed by atoms with Crippen molar-refractivity contribution in [2.24, 2.45) is 0 Å². The van der Waals surface area contributed by atoms with Gasteiger partial charge in [-0.15, -0.1) is 11.3 Å². The van der Waals surface area contributed by atoms with Crippen molar-refractivity contribution in [3.05, 3.63) is 29.0 Å². The third-order valence-corrected chi connectivity index (χ3v) is 5.07. The normalized spacial score (nSPS) is 11.6. The number of sulfonamides is 1. The molecular weight excluding hydrogens is 330 g/mol. The Morgan fingerprint density at radius 3 is 2.55 bits per heavy atom. The van der Waals surface area contributed by atoms with Gasteiger partial charge in [-0.05, 0) is 12.1 Å². The Morgan fingerprint density at radius 2 is 2.00 bits per heavy atom. The van der Waals surface area contributed by atoms with Gasteiger partial charge in [0.05, 0.1) is 0 Å². The molecule has 1 N–H and O–H groups in total. The van der Waals surface area contributed by atoms with E-state index in [9.17, 15) is 18.0 Å². The molecule has 10 heteroatoms. The van der Waals surface area contributed by atoms with Crippen LogP contribution in [0.2, 0.25) is 0 Å². The Morgan fingerprint density at radius 1 is 1.32 bits per heavy atom. The predicted octanol–water partition coefficient (Wildman–Crippen LogP) is 1.44. The molecule has 0 aromatic carbocycles. The van der Waals surface area contributed by atoms with Crippen LogP contribution in [0.4, 0.5) is 5.13 Å². The summed E-state index contributed by atoms with van der Waals surface area (Å²) in [5.74, 6) is -1.03. The first-order chi connectivity index (χ1) is 10.2. The van der Waals surface area contributed by atoms with Crippen LogP contribution in [-0.4, -0.2) is 43.5 Å². The number of hydrogen-bond acceptors (Lipinski definition) is 7. The van der Waals surface area contributed by atoms with Gasteiger partial charge in [0.25, 0.3) is 15.9 Å². The number of amides is 1. The van der Waals surface area contributed by atoms with E-state index in [0.29, 0.717) is 0 Å². The van der Waals surface area contributed by atoms with Gasteiger partial charge in [-0.25, -0.2) is 17.7 Å². The zero-order valence-electron chi connectivity index (χ0n) is 12.0. The Balaban J connectivity index is 2.17. The summed E-state index contributed by atoms with van der Waals surface area (Å²) >= 11 is 1.09. The van der Waals surface area contributed by atoms with Crippen LogP contribution in [0.5, 0.6) is 0 Å². The fourth-order valence-corrected chi connectivity index (χ4v) is 2.95. The Kier molecular flexibility index (Phi) is 4.44. The first kappa shape index (κ1) is 16.3. The summed E-state index contributed by atoms with van der Waals surface area (Å²) in [6, 6.07) is 2.46. The standard InChI is InChI=1S/C12H13N3O5S2/c1-7(16)8-6-21-12(13-8)14-11(17)9-4-5-10(20-9)22(18,19)15(2)3/h4-6H,1-3H3,(H,13,14,17). The van der Waals surface area contributed by atoms with E-state index in [1.807, 2.05) is 0 Å². The second kappa shape index (κ2) is 5.99. The van der Waals surface area contributed by atoms with Crippen LogP contribution in [0.15, 0.2) is 27.0 Å². The number of ketones is 1. The van der Waals surface area contributed by atoms with E-state index in [4.69, 9.17) is 4.42 Å². The van der Waals surface area contributed by atoms with E-state index in [1.54, 1.807) is 0 Å². The van der Waals surface area contributed by atoms with Crippen LogP contribution < -0.4 is 5.32 Å². The Hall–Kier alpha value is -2.04. The molecular formula is C12H13N3O5S2. The molecule has 0 aliphatic carbocycles. The maximum Gasteiger partial charge on any atom is 0.293 e. The van der Waals surface area contributed by atoms with Crippen molar-refractivity contribution in [3.63, 3.8) is 0 Å². The third-order valence-electron chi connectivity index (χ3n) is 2.63. The average molecular weight is 343 g/mol. The topological polar surface area (TPSA) is 110 Å². The van der Waals surface area contributed by atoms with Gasteiger partial charge in [-0.2, -0.15) is 0 Å². The summed E-state index contributed by atoms with van der Waals surface area (Å²) in [6.45, 7) is 1.37. The number of aromatic nitrogens is 1. The summed E-state index contributed by atoms with van der Waals surface area (Å²) in [4.78, 5) is 27.0. The summed E-state index contributed by atoms with van der Waals surface area (Å²) in [5, 5.41) is 3.86. The highest BCUT2D eigenvalue weighted by Gasteiger charge is 2.23. The molecule has 0 aliphatic rings. The smallest absolute Gasteiger partial charge is 0.293 e. The van der Waals surface area contributed by atoms with Gasteiger partial charge < -0.3 is 4.42 Å². The molecule has 0 unspecified atom stereocenters. The molecule has 2 heterocycles. The van der Waals surface area contributed by atoms with E-state index in [2.05, 4.69) is 10.3 Å². The average Bonchev–Trinajstić information content (AvgIpc) is 3.07. The molecule has 0 spiro atoms. The minimum absolute atomic E-state index is 0.167. The predicted molar refractivity (Wildman–Crippen MR) is 79.7 cm³/mol. The zero-order chi connectivity index (χ0) is 16.5. The molecule has 0 saturated heterocycles. The SMILES string of the molecule is CC(=O)c1csc(NC(=O)c2ccc(S(=O)(=O)N(C)C)o2)n1. The number of rotatable bonds is 5. The molecule has 0 saturated carbocycles. The summed E-state index contributed by atoms with van der Waals surface area (Å²) in [5.41, 5.74) is 0.246. The molecule has 0 aliphatic heterocycles. The van der Waals surface area contributed by atoms with Crippen LogP contribution >= 0.6 is 11.3 Å². The van der Waals surface area contributed by atoms with Crippen molar-refractivity contribution in [2.75, 3.05) is 19.4 Å². The number of carbonyl (C=O) groups is 2. The van der Waals surface area contributed by atoms with Gasteiger partial charge in [-0.3, -0.25) is 14.9 Å². The minimum atomic E-state index is -3.74. The van der Waals surface area contributed by atoms with Gasteiger partial charge in [-0.1, -0.05) is 0 Å². The highest BCUT2D eigenvalue weighted by molar-refractivity contribution is 7.88. The maximum atomic E-state index is 12.0. The van der Waals surface area contributed by atoms with Crippen LogP contribution in [0.1, 0.15) is 28.0 Å². The number of anilines is 1. The lowest BCUT2D eigenvalue weighted by molar-refractivity contribution is 0.0986. The molecule has 1 amide bonds. The number of thiazole rings is 1. The second-order valence-corrected chi connectivity index (χ2v) is 7.40. The van der Waals surface area contributed by atoms with Crippen LogP contribution in [0, 0.1) is 0 Å². The second-order valence-electron chi connectivity index (χ2n) is 4.45. The molecule has 0 fully saturated rings. The third kappa shape index (κ3) is 3.24. The van der Waals surface area contributed by atoms with Crippen molar-refractivity contribution < 1.29 is 22.4 Å². The lowest BCUT2D eigenvalue weighted by Crippen LogP contribution is -2.21. The Labute approximate surface area is 130 Å². The summed E-state index contributed by atoms with van der Waals surface area (Å²) in [6.07, 6.45) is 0. The molecule has 2 aromatic rings. The zero-order valence-corrected chi connectivity index (χ0v) is 13.6. The van der Waals surface area contributed by atoms with Gasteiger partial charge in [0.2, 0.25) is 5.09 Å². The first-order valence-corrected chi connectivity index (χ1v) is 8.34. The number of Topliss-reactive ketones (excluding diaryl/α,β-unsaturated/α-hetero) is 1. The largest absolute Gasteiger partial charge is 0.438 e. The maximum absolute atomic E-state index is 12.0. The van der Waals surface area contributed by atoms with E-state index in [0.717, 1.165) is 15.6 Å². The van der Waals surface area contributed by atoms with Gasteiger partial charge in [0, 0.05) is 26.4 Å². The van der Waals surface area contributed by atoms with Crippen LogP contribution in [0.25, 0.3) is 0 Å². The lowest BCUT2D eigenvalue weighted by atomic mass is 10.4. The monoisotopic (exact) mass is 343 g/mol. The van der Waals surface area contributed by atoms with E-state index in [1.165, 1.54) is 38.5 Å². The number of carbonyl (C=O) groups excluding carboxylic acids is 2. The summed E-state index contributed by atoms with van der Waals surface area (Å²) in [7, 11) is -1.03. The van der Waals surface area contributed by atoms with E-state index in [-0.39, 0.29) is 27.5 Å². The summed E-state index contributed by atoms with van der Waals surface area (Å²) < 4.78 is 29.8. The van der Waals surface area contributed by atoms with Crippen molar-refractivity contribution in [1.82, 2.24) is 9.29 Å². The van der Waals surface area contributed by atoms with Crippen LogP contribution in [0.3, 0.4) is 0 Å². The lowest BCUT2D eigenvalue weighted by Gasteiger charge is -2.07. The van der Waals surface area contributed by atoms with Crippen molar-refractivity contribution in [3.8, 4) is 0 Å². The molecule has 2 aromatic heterocycles. The number of nitrogens with zero attached hydrogens (tertiary/aromatic N) is 2. The highest BCUT2D eigenvalue weighted by atomic mass is 32.2. The Bertz CT molecular complexity index is 819. The fourth-order valence-electron chi connectivity index (χ4n) is 1.41. The molecule has 0 atom stereocenters. The van der Waals surface area contributed by atoms with Crippen molar-refractivity contribution >= 4 is 38.2 Å². The van der Waals surface area contributed by atoms with Gasteiger partial charge in [0.1, 0.15) is 5.69 Å². The number of furan rings is 1. The van der Waals surface area contributed by atoms with E-state index >= 15 is 0 Å².